The van der Waals surface area contributed by atoms with E-state index < -0.39 is 0 Å². The predicted molar refractivity (Wildman–Crippen MR) is 112 cm³/mol. The highest BCUT2D eigenvalue weighted by Crippen LogP contribution is 2.54. The molecule has 0 saturated heterocycles. The van der Waals surface area contributed by atoms with Crippen LogP contribution in [-0.2, 0) is 0 Å². The Hall–Kier alpha value is -1.60. The lowest BCUT2D eigenvalue weighted by atomic mass is 9.61. The van der Waals surface area contributed by atoms with E-state index in [1.807, 2.05) is 12.1 Å². The Labute approximate surface area is 162 Å². The zero-order chi connectivity index (χ0) is 18.1. The van der Waals surface area contributed by atoms with Gasteiger partial charge >= 0.3 is 0 Å². The molecule has 1 fully saturated rings. The molecule has 1 saturated carbocycles. The zero-order valence-corrected chi connectivity index (χ0v) is 16.4. The van der Waals surface area contributed by atoms with Crippen LogP contribution in [0.15, 0.2) is 64.8 Å². The van der Waals surface area contributed by atoms with E-state index in [0.29, 0.717) is 11.8 Å². The molecule has 0 aromatic heterocycles. The molecular formula is C24H28ClN. The number of nitrogens with zero attached hydrogens (tertiary/aromatic N) is 1. The molecule has 2 unspecified atom stereocenters. The third-order valence-electron chi connectivity index (χ3n) is 6.64. The summed E-state index contributed by atoms with van der Waals surface area (Å²) in [5.74, 6) is 2.14. The van der Waals surface area contributed by atoms with Crippen LogP contribution in [0, 0.1) is 17.8 Å². The van der Waals surface area contributed by atoms with E-state index in [4.69, 9.17) is 11.6 Å². The van der Waals surface area contributed by atoms with Gasteiger partial charge in [-0.15, -0.1) is 6.58 Å². The molecule has 3 aliphatic rings. The summed E-state index contributed by atoms with van der Waals surface area (Å²) >= 11 is 6.68. The average Bonchev–Trinajstić information content (AvgIpc) is 3.18. The lowest BCUT2D eigenvalue weighted by Gasteiger charge is -2.43. The van der Waals surface area contributed by atoms with E-state index >= 15 is 0 Å². The van der Waals surface area contributed by atoms with Gasteiger partial charge in [-0.1, -0.05) is 66.8 Å². The second-order valence-corrected chi connectivity index (χ2v) is 8.41. The maximum atomic E-state index is 6.68. The normalized spacial score (nSPS) is 28.8. The Morgan fingerprint density at radius 3 is 2.73 bits per heavy atom. The first kappa shape index (κ1) is 17.8. The molecule has 2 aliphatic carbocycles. The Balaban J connectivity index is 1.93. The summed E-state index contributed by atoms with van der Waals surface area (Å²) in [6.45, 7) is 6.52. The van der Waals surface area contributed by atoms with Crippen molar-refractivity contribution in [2.45, 2.75) is 51.4 Å². The van der Waals surface area contributed by atoms with Gasteiger partial charge in [0.2, 0.25) is 0 Å². The third kappa shape index (κ3) is 3.01. The van der Waals surface area contributed by atoms with Gasteiger partial charge in [0.05, 0.1) is 0 Å². The van der Waals surface area contributed by atoms with Crippen molar-refractivity contribution >= 4 is 17.8 Å². The number of halogens is 1. The quantitative estimate of drug-likeness (QED) is 0.504. The maximum Gasteiger partial charge on any atom is 0.0447 e. The lowest BCUT2D eigenvalue weighted by Crippen LogP contribution is -2.32. The van der Waals surface area contributed by atoms with E-state index in [1.165, 1.54) is 36.8 Å². The molecule has 0 N–H and O–H groups in total. The van der Waals surface area contributed by atoms with Gasteiger partial charge < -0.3 is 0 Å². The lowest BCUT2D eigenvalue weighted by molar-refractivity contribution is 0.381. The number of allylic oxidation sites excluding steroid dienone is 4. The van der Waals surface area contributed by atoms with Gasteiger partial charge in [0.15, 0.2) is 0 Å². The first-order chi connectivity index (χ1) is 12.7. The molecule has 26 heavy (non-hydrogen) atoms. The SMILES string of the molecule is C=CCC1=C(C2CCCC2)C(C)C2CC=NC=C2[C@@H]1c1ccccc1Cl. The number of benzene rings is 1. The first-order valence-corrected chi connectivity index (χ1v) is 10.4. The summed E-state index contributed by atoms with van der Waals surface area (Å²) < 4.78 is 0. The maximum absolute atomic E-state index is 6.68. The Morgan fingerprint density at radius 1 is 1.23 bits per heavy atom. The van der Waals surface area contributed by atoms with E-state index in [0.717, 1.165) is 23.8 Å². The van der Waals surface area contributed by atoms with Crippen LogP contribution in [-0.4, -0.2) is 6.21 Å². The molecule has 3 atom stereocenters. The molecule has 1 nitrogen and oxygen atoms in total. The second kappa shape index (κ2) is 7.56. The van der Waals surface area contributed by atoms with Gasteiger partial charge in [0.25, 0.3) is 0 Å². The van der Waals surface area contributed by atoms with Crippen LogP contribution in [0.2, 0.25) is 5.02 Å². The van der Waals surface area contributed by atoms with Crippen LogP contribution in [0.1, 0.15) is 56.9 Å². The van der Waals surface area contributed by atoms with Crippen molar-refractivity contribution in [1.29, 1.82) is 0 Å². The molecule has 136 valence electrons. The summed E-state index contributed by atoms with van der Waals surface area (Å²) in [4.78, 5) is 4.54. The molecule has 4 rings (SSSR count). The largest absolute Gasteiger partial charge is 0.269 e. The summed E-state index contributed by atoms with van der Waals surface area (Å²) in [6.07, 6.45) is 13.7. The average molecular weight is 366 g/mol. The van der Waals surface area contributed by atoms with Crippen molar-refractivity contribution in [1.82, 2.24) is 0 Å². The van der Waals surface area contributed by atoms with Crippen molar-refractivity contribution in [3.05, 3.63) is 70.4 Å². The smallest absolute Gasteiger partial charge is 0.0447 e. The number of aliphatic imine (C=N–C) groups is 1. The fourth-order valence-electron chi connectivity index (χ4n) is 5.54. The predicted octanol–water partition coefficient (Wildman–Crippen LogP) is 7.11. The number of hydrogen-bond acceptors (Lipinski definition) is 1. The molecule has 1 heterocycles. The molecule has 0 bridgehead atoms. The second-order valence-electron chi connectivity index (χ2n) is 8.00. The van der Waals surface area contributed by atoms with Crippen molar-refractivity contribution in [2.75, 3.05) is 0 Å². The molecule has 1 aromatic rings. The van der Waals surface area contributed by atoms with Crippen molar-refractivity contribution < 1.29 is 0 Å². The van der Waals surface area contributed by atoms with Gasteiger partial charge in [0.1, 0.15) is 0 Å². The van der Waals surface area contributed by atoms with E-state index in [1.54, 1.807) is 11.1 Å². The van der Waals surface area contributed by atoms with Crippen LogP contribution < -0.4 is 0 Å². The molecule has 0 radical (unpaired) electrons. The highest BCUT2D eigenvalue weighted by molar-refractivity contribution is 6.31. The molecule has 0 amide bonds. The minimum Gasteiger partial charge on any atom is -0.269 e. The summed E-state index contributed by atoms with van der Waals surface area (Å²) in [6, 6.07) is 8.37. The Bertz CT molecular complexity index is 779. The van der Waals surface area contributed by atoms with Crippen molar-refractivity contribution in [2.24, 2.45) is 22.7 Å². The summed E-state index contributed by atoms with van der Waals surface area (Å²) in [5.41, 5.74) is 5.95. The highest BCUT2D eigenvalue weighted by Gasteiger charge is 2.42. The minimum atomic E-state index is 0.260. The van der Waals surface area contributed by atoms with Crippen LogP contribution >= 0.6 is 11.6 Å². The van der Waals surface area contributed by atoms with Gasteiger partial charge in [-0.05, 0) is 60.6 Å². The standard InChI is InChI=1S/C24H28ClN/c1-3-8-20-23(17-9-4-5-10-17)16(2)18-13-14-26-15-21(18)24(20)19-11-6-7-12-22(19)25/h3,6-7,11-12,14-18,24H,1,4-5,8-10,13H2,2H3/t16?,18?,24-/m1/s1. The first-order valence-electron chi connectivity index (χ1n) is 10.0. The third-order valence-corrected chi connectivity index (χ3v) is 6.98. The molecule has 1 aromatic carbocycles. The van der Waals surface area contributed by atoms with E-state index in [-0.39, 0.29) is 5.92 Å². The Morgan fingerprint density at radius 2 is 2.00 bits per heavy atom. The minimum absolute atomic E-state index is 0.260. The van der Waals surface area contributed by atoms with Crippen LogP contribution in [0.3, 0.4) is 0 Å². The zero-order valence-electron chi connectivity index (χ0n) is 15.6. The molecular weight excluding hydrogens is 338 g/mol. The topological polar surface area (TPSA) is 12.4 Å². The number of hydrogen-bond donors (Lipinski definition) is 0. The highest BCUT2D eigenvalue weighted by atomic mass is 35.5. The number of rotatable bonds is 4. The van der Waals surface area contributed by atoms with E-state index in [2.05, 4.69) is 49.1 Å². The van der Waals surface area contributed by atoms with Gasteiger partial charge in [-0.3, -0.25) is 4.99 Å². The molecule has 2 heteroatoms. The molecule has 1 aliphatic heterocycles. The molecule has 0 spiro atoms. The van der Waals surface area contributed by atoms with E-state index in [9.17, 15) is 0 Å². The number of fused-ring (bicyclic) bond motifs is 1. The van der Waals surface area contributed by atoms with Crippen LogP contribution in [0.5, 0.6) is 0 Å². The van der Waals surface area contributed by atoms with Gasteiger partial charge in [-0.2, -0.15) is 0 Å². The van der Waals surface area contributed by atoms with Crippen molar-refractivity contribution in [3.8, 4) is 0 Å². The van der Waals surface area contributed by atoms with Crippen LogP contribution in [0.25, 0.3) is 0 Å². The van der Waals surface area contributed by atoms with Gasteiger partial charge in [-0.25, -0.2) is 0 Å². The summed E-state index contributed by atoms with van der Waals surface area (Å²) in [7, 11) is 0. The van der Waals surface area contributed by atoms with Gasteiger partial charge in [0, 0.05) is 23.4 Å². The Kier molecular flexibility index (Phi) is 5.18. The van der Waals surface area contributed by atoms with Crippen molar-refractivity contribution in [3.63, 3.8) is 0 Å². The van der Waals surface area contributed by atoms with Crippen LogP contribution in [0.4, 0.5) is 0 Å². The fourth-order valence-corrected chi connectivity index (χ4v) is 5.79. The fraction of sp³-hybridized carbons (Fsp3) is 0.458. The summed E-state index contributed by atoms with van der Waals surface area (Å²) in [5, 5.41) is 0.869. The monoisotopic (exact) mass is 365 g/mol.